The molecule has 0 atom stereocenters. The van der Waals surface area contributed by atoms with Crippen LogP contribution in [-0.2, 0) is 5.88 Å². The van der Waals surface area contributed by atoms with Gasteiger partial charge in [0.2, 0.25) is 0 Å². The summed E-state index contributed by atoms with van der Waals surface area (Å²) in [5.74, 6) is 0.770. The number of thiazole rings is 1. The molecule has 0 amide bonds. The van der Waals surface area contributed by atoms with Crippen LogP contribution in [0.2, 0.25) is 0 Å². The highest BCUT2D eigenvalue weighted by Crippen LogP contribution is 2.15. The highest BCUT2D eigenvalue weighted by Gasteiger charge is 2.00. The Hall–Kier alpha value is -0.810. The maximum atomic E-state index is 5.57. The molecule has 0 spiro atoms. The zero-order chi connectivity index (χ0) is 8.97. The predicted molar refractivity (Wildman–Crippen MR) is 52.8 cm³/mol. The van der Waals surface area contributed by atoms with Gasteiger partial charge in [-0.3, -0.25) is 4.99 Å². The summed E-state index contributed by atoms with van der Waals surface area (Å²) in [5.41, 5.74) is 6.27. The van der Waals surface area contributed by atoms with Gasteiger partial charge in [0.05, 0.1) is 11.6 Å². The highest BCUT2D eigenvalue weighted by molar-refractivity contribution is 7.13. The zero-order valence-electron chi connectivity index (χ0n) is 6.54. The fourth-order valence-corrected chi connectivity index (χ4v) is 1.54. The Morgan fingerprint density at radius 3 is 3.17 bits per heavy atom. The van der Waals surface area contributed by atoms with Crippen LogP contribution in [0.15, 0.2) is 10.4 Å². The third-order valence-electron chi connectivity index (χ3n) is 1.16. The number of guanidine groups is 1. The van der Waals surface area contributed by atoms with Gasteiger partial charge in [0, 0.05) is 12.4 Å². The molecule has 0 bridgehead atoms. The van der Waals surface area contributed by atoms with Gasteiger partial charge in [-0.2, -0.15) is 0 Å². The van der Waals surface area contributed by atoms with E-state index in [0.29, 0.717) is 17.0 Å². The number of nitrogens with one attached hydrogen (secondary N) is 1. The van der Waals surface area contributed by atoms with Crippen molar-refractivity contribution in [2.45, 2.75) is 5.88 Å². The third-order valence-corrected chi connectivity index (χ3v) is 2.24. The maximum absolute atomic E-state index is 5.57. The first-order valence-electron chi connectivity index (χ1n) is 3.26. The predicted octanol–water partition coefficient (Wildman–Crippen LogP) is 1.24. The zero-order valence-corrected chi connectivity index (χ0v) is 8.11. The summed E-state index contributed by atoms with van der Waals surface area (Å²) < 4.78 is 0. The number of anilines is 1. The van der Waals surface area contributed by atoms with Gasteiger partial charge in [0.25, 0.3) is 0 Å². The van der Waals surface area contributed by atoms with Gasteiger partial charge < -0.3 is 11.1 Å². The van der Waals surface area contributed by atoms with Gasteiger partial charge in [-0.05, 0) is 0 Å². The molecule has 0 aromatic carbocycles. The Morgan fingerprint density at radius 1 is 1.92 bits per heavy atom. The van der Waals surface area contributed by atoms with Crippen LogP contribution in [0.4, 0.5) is 5.13 Å². The summed E-state index contributed by atoms with van der Waals surface area (Å²) in [5, 5.41) is 5.41. The van der Waals surface area contributed by atoms with E-state index in [-0.39, 0.29) is 0 Å². The summed E-state index contributed by atoms with van der Waals surface area (Å²) in [7, 11) is 1.61. The summed E-state index contributed by atoms with van der Waals surface area (Å²) in [6, 6.07) is 0. The summed E-state index contributed by atoms with van der Waals surface area (Å²) in [6.45, 7) is 0. The molecule has 0 fully saturated rings. The van der Waals surface area contributed by atoms with Gasteiger partial charge >= 0.3 is 0 Å². The van der Waals surface area contributed by atoms with E-state index in [0.717, 1.165) is 5.69 Å². The Morgan fingerprint density at radius 2 is 2.67 bits per heavy atom. The first kappa shape index (κ1) is 9.28. The lowest BCUT2D eigenvalue weighted by molar-refractivity contribution is 1.22. The quantitative estimate of drug-likeness (QED) is 0.433. The standard InChI is InChI=1S/C6H9ClN4S/c1-9-5(8)11-6-10-4(2-7)3-12-6/h3H,2H2,1H3,(H3,8,9,10,11). The second-order valence-electron chi connectivity index (χ2n) is 2.01. The van der Waals surface area contributed by atoms with Crippen molar-refractivity contribution in [3.8, 4) is 0 Å². The van der Waals surface area contributed by atoms with Crippen LogP contribution in [0, 0.1) is 0 Å². The van der Waals surface area contributed by atoms with E-state index in [1.54, 1.807) is 7.05 Å². The van der Waals surface area contributed by atoms with E-state index in [4.69, 9.17) is 17.3 Å². The molecule has 0 saturated carbocycles. The normalized spacial score (nSPS) is 11.7. The number of alkyl halides is 1. The van der Waals surface area contributed by atoms with Crippen LogP contribution in [-0.4, -0.2) is 18.0 Å². The molecule has 6 heteroatoms. The van der Waals surface area contributed by atoms with Crippen molar-refractivity contribution in [1.29, 1.82) is 0 Å². The van der Waals surface area contributed by atoms with Gasteiger partial charge in [-0.1, -0.05) is 0 Å². The van der Waals surface area contributed by atoms with Crippen LogP contribution < -0.4 is 11.1 Å². The topological polar surface area (TPSA) is 63.3 Å². The van der Waals surface area contributed by atoms with Crippen molar-refractivity contribution in [3.63, 3.8) is 0 Å². The minimum Gasteiger partial charge on any atom is -0.370 e. The lowest BCUT2D eigenvalue weighted by Gasteiger charge is -1.97. The number of rotatable bonds is 2. The molecule has 1 aromatic rings. The van der Waals surface area contributed by atoms with Crippen molar-refractivity contribution in [1.82, 2.24) is 4.98 Å². The molecule has 1 rings (SSSR count). The highest BCUT2D eigenvalue weighted by atomic mass is 35.5. The third kappa shape index (κ3) is 2.35. The number of aromatic nitrogens is 1. The van der Waals surface area contributed by atoms with E-state index >= 15 is 0 Å². The van der Waals surface area contributed by atoms with Crippen molar-refractivity contribution < 1.29 is 0 Å². The largest absolute Gasteiger partial charge is 0.370 e. The number of nitrogens with zero attached hydrogens (tertiary/aromatic N) is 2. The van der Waals surface area contributed by atoms with E-state index in [1.165, 1.54) is 11.3 Å². The van der Waals surface area contributed by atoms with Crippen LogP contribution in [0.5, 0.6) is 0 Å². The van der Waals surface area contributed by atoms with Crippen LogP contribution in [0.25, 0.3) is 0 Å². The van der Waals surface area contributed by atoms with Gasteiger partial charge in [0.15, 0.2) is 11.1 Å². The van der Waals surface area contributed by atoms with Gasteiger partial charge in [0.1, 0.15) is 0 Å². The molecule has 3 N–H and O–H groups in total. The lowest BCUT2D eigenvalue weighted by Crippen LogP contribution is -2.21. The van der Waals surface area contributed by atoms with E-state index < -0.39 is 0 Å². The number of aliphatic imine (C=N–C) groups is 1. The van der Waals surface area contributed by atoms with Crippen LogP contribution >= 0.6 is 22.9 Å². The minimum absolute atomic E-state index is 0.352. The fraction of sp³-hybridized carbons (Fsp3) is 0.333. The number of hydrogen-bond donors (Lipinski definition) is 2. The molecule has 12 heavy (non-hydrogen) atoms. The SMILES string of the molecule is CN=C(N)Nc1nc(CCl)cs1. The summed E-state index contributed by atoms with van der Waals surface area (Å²) in [4.78, 5) is 7.87. The molecule has 0 aliphatic carbocycles. The molecular formula is C6H9ClN4S. The summed E-state index contributed by atoms with van der Waals surface area (Å²) in [6.07, 6.45) is 0. The van der Waals surface area contributed by atoms with Gasteiger partial charge in [-0.15, -0.1) is 22.9 Å². The Bertz CT molecular complexity index is 283. The first-order chi connectivity index (χ1) is 5.76. The molecule has 0 radical (unpaired) electrons. The molecule has 0 aliphatic heterocycles. The number of halogens is 1. The van der Waals surface area contributed by atoms with E-state index in [2.05, 4.69) is 15.3 Å². The molecule has 0 unspecified atom stereocenters. The maximum Gasteiger partial charge on any atom is 0.194 e. The average Bonchev–Trinajstić information content (AvgIpc) is 2.52. The number of hydrogen-bond acceptors (Lipinski definition) is 3. The molecule has 0 aliphatic rings. The Kier molecular flexibility index (Phi) is 3.31. The average molecular weight is 205 g/mol. The van der Waals surface area contributed by atoms with Crippen molar-refractivity contribution in [2.24, 2.45) is 10.7 Å². The molecule has 0 saturated heterocycles. The summed E-state index contributed by atoms with van der Waals surface area (Å²) >= 11 is 7.02. The Labute approximate surface area is 79.5 Å². The van der Waals surface area contributed by atoms with Crippen molar-refractivity contribution in [2.75, 3.05) is 12.4 Å². The monoisotopic (exact) mass is 204 g/mol. The van der Waals surface area contributed by atoms with Gasteiger partial charge in [-0.25, -0.2) is 4.98 Å². The second kappa shape index (κ2) is 4.27. The molecule has 66 valence electrons. The number of nitrogens with two attached hydrogens (primary N) is 1. The second-order valence-corrected chi connectivity index (χ2v) is 3.14. The molecule has 1 aromatic heterocycles. The van der Waals surface area contributed by atoms with Crippen LogP contribution in [0.1, 0.15) is 5.69 Å². The lowest BCUT2D eigenvalue weighted by atomic mass is 10.6. The minimum atomic E-state index is 0.352. The van der Waals surface area contributed by atoms with Crippen molar-refractivity contribution >= 4 is 34.0 Å². The first-order valence-corrected chi connectivity index (χ1v) is 4.67. The Balaban J connectivity index is 2.64. The molecule has 1 heterocycles. The van der Waals surface area contributed by atoms with Crippen molar-refractivity contribution in [3.05, 3.63) is 11.1 Å². The molecule has 4 nitrogen and oxygen atoms in total. The fourth-order valence-electron chi connectivity index (χ4n) is 0.591. The molecular weight excluding hydrogens is 196 g/mol. The smallest absolute Gasteiger partial charge is 0.194 e. The van der Waals surface area contributed by atoms with E-state index in [9.17, 15) is 0 Å². The van der Waals surface area contributed by atoms with E-state index in [1.807, 2.05) is 5.38 Å². The van der Waals surface area contributed by atoms with Crippen LogP contribution in [0.3, 0.4) is 0 Å².